The Morgan fingerprint density at radius 1 is 0.750 bits per heavy atom. The summed E-state index contributed by atoms with van der Waals surface area (Å²) < 4.78 is 2.37. The first-order chi connectivity index (χ1) is 30.6. The van der Waals surface area contributed by atoms with Crippen LogP contribution in [-0.2, 0) is 35.5 Å². The largest absolute Gasteiger partial charge is 0.328 e. The van der Waals surface area contributed by atoms with E-state index >= 15 is 0 Å². The van der Waals surface area contributed by atoms with E-state index in [9.17, 15) is 9.59 Å². The van der Waals surface area contributed by atoms with Crippen LogP contribution in [0.4, 0.5) is 10.0 Å². The molecule has 6 heterocycles. The molecule has 0 saturated heterocycles. The maximum absolute atomic E-state index is 12.8. The minimum absolute atomic E-state index is 0.0679. The zero-order valence-corrected chi connectivity index (χ0v) is 42.7. The molecule has 344 valence electrons. The van der Waals surface area contributed by atoms with E-state index in [1.54, 1.807) is 45.3 Å². The zero-order valence-electron chi connectivity index (χ0n) is 39.4. The number of thiophene rings is 2. The summed E-state index contributed by atoms with van der Waals surface area (Å²) in [5, 5.41) is 13.6. The van der Waals surface area contributed by atoms with Crippen molar-refractivity contribution in [3.05, 3.63) is 81.1 Å². The number of thiazole rings is 2. The highest BCUT2D eigenvalue weighted by Gasteiger charge is 2.30. The van der Waals surface area contributed by atoms with Crippen LogP contribution < -0.4 is 21.7 Å². The van der Waals surface area contributed by atoms with Gasteiger partial charge in [-0.15, -0.1) is 45.3 Å². The van der Waals surface area contributed by atoms with Crippen LogP contribution in [0.15, 0.2) is 49.1 Å². The average molecular weight is 941 g/mol. The first-order valence-electron chi connectivity index (χ1n) is 22.8. The molecule has 0 fully saturated rings. The summed E-state index contributed by atoms with van der Waals surface area (Å²) in [6, 6.07) is 14.7. The maximum Gasteiger partial charge on any atom is 0.248 e. The molecule has 10 nitrogen and oxygen atoms in total. The maximum atomic E-state index is 12.8. The Balaban J connectivity index is 0.000000194. The number of amides is 2. The summed E-state index contributed by atoms with van der Waals surface area (Å²) >= 11 is 6.84. The molecule has 0 radical (unpaired) electrons. The molecule has 2 atom stereocenters. The van der Waals surface area contributed by atoms with Crippen molar-refractivity contribution in [1.29, 1.82) is 0 Å². The number of nitrogens with two attached hydrogens (primary N) is 1. The molecule has 0 saturated carbocycles. The van der Waals surface area contributed by atoms with E-state index in [0.717, 1.165) is 94.0 Å². The lowest BCUT2D eigenvalue weighted by Crippen LogP contribution is -2.35. The van der Waals surface area contributed by atoms with Gasteiger partial charge in [-0.3, -0.25) is 19.4 Å². The number of hydrogen-bond acceptors (Lipinski definition) is 12. The van der Waals surface area contributed by atoms with E-state index in [4.69, 9.17) is 15.7 Å². The topological polar surface area (TPSA) is 129 Å². The summed E-state index contributed by atoms with van der Waals surface area (Å²) in [7, 11) is 0. The molecule has 2 aromatic carbocycles. The third kappa shape index (κ3) is 12.3. The predicted molar refractivity (Wildman–Crippen MR) is 278 cm³/mol. The van der Waals surface area contributed by atoms with Crippen LogP contribution in [0.5, 0.6) is 0 Å². The van der Waals surface area contributed by atoms with Crippen LogP contribution in [0.3, 0.4) is 0 Å². The smallest absolute Gasteiger partial charge is 0.248 e. The molecule has 14 heteroatoms. The lowest BCUT2D eigenvalue weighted by Gasteiger charge is -2.30. The van der Waals surface area contributed by atoms with Crippen LogP contribution in [0.25, 0.3) is 41.6 Å². The van der Waals surface area contributed by atoms with Gasteiger partial charge in [0.2, 0.25) is 11.8 Å². The fraction of sp³-hybridized carbons (Fsp3) is 0.480. The molecule has 2 aliphatic rings. The minimum atomic E-state index is -0.174. The van der Waals surface area contributed by atoms with Gasteiger partial charge in [-0.05, 0) is 134 Å². The van der Waals surface area contributed by atoms with Gasteiger partial charge in [0, 0.05) is 84.2 Å². The number of rotatable bonds is 13. The zero-order chi connectivity index (χ0) is 46.2. The van der Waals surface area contributed by atoms with E-state index in [1.165, 1.54) is 47.5 Å². The molecule has 2 aliphatic heterocycles. The number of fused-ring (bicyclic) bond motifs is 4. The van der Waals surface area contributed by atoms with Crippen molar-refractivity contribution in [1.82, 2.24) is 25.1 Å². The summed E-state index contributed by atoms with van der Waals surface area (Å²) in [6.07, 6.45) is 5.93. The Labute approximate surface area is 396 Å². The van der Waals surface area contributed by atoms with Crippen LogP contribution in [0.2, 0.25) is 0 Å². The predicted octanol–water partition coefficient (Wildman–Crippen LogP) is 11.8. The van der Waals surface area contributed by atoms with Crippen LogP contribution >= 0.6 is 45.3 Å². The van der Waals surface area contributed by atoms with E-state index in [-0.39, 0.29) is 11.8 Å². The van der Waals surface area contributed by atoms with Gasteiger partial charge in [0.25, 0.3) is 0 Å². The van der Waals surface area contributed by atoms with Gasteiger partial charge in [-0.25, -0.2) is 9.97 Å². The molecule has 5 N–H and O–H groups in total. The molecular weight excluding hydrogens is 873 g/mol. The van der Waals surface area contributed by atoms with Crippen molar-refractivity contribution in [3.63, 3.8) is 0 Å². The van der Waals surface area contributed by atoms with Crippen molar-refractivity contribution < 1.29 is 9.59 Å². The van der Waals surface area contributed by atoms with Crippen molar-refractivity contribution in [2.24, 2.45) is 5.73 Å². The summed E-state index contributed by atoms with van der Waals surface area (Å²) in [5.74, 6) is -0.106. The normalized spacial score (nSPS) is 15.0. The average Bonchev–Trinajstić information content (AvgIpc) is 4.04. The quantitative estimate of drug-likeness (QED) is 0.0843. The van der Waals surface area contributed by atoms with Gasteiger partial charge in [0.05, 0.1) is 20.4 Å². The summed E-state index contributed by atoms with van der Waals surface area (Å²) in [6.45, 7) is 29.8. The molecule has 6 aromatic rings. The molecule has 64 heavy (non-hydrogen) atoms. The Bertz CT molecular complexity index is 2550. The molecule has 0 spiro atoms. The second-order valence-electron chi connectivity index (χ2n) is 17.7. The van der Waals surface area contributed by atoms with Crippen molar-refractivity contribution in [2.75, 3.05) is 30.3 Å². The first kappa shape index (κ1) is 49.6. The van der Waals surface area contributed by atoms with Gasteiger partial charge in [-0.1, -0.05) is 32.6 Å². The fourth-order valence-corrected chi connectivity index (χ4v) is 12.3. The van der Waals surface area contributed by atoms with Gasteiger partial charge in [0.15, 0.2) is 0 Å². The molecule has 0 bridgehead atoms. The Morgan fingerprint density at radius 2 is 1.22 bits per heavy atom. The molecule has 8 rings (SSSR count). The number of benzene rings is 2. The highest BCUT2D eigenvalue weighted by molar-refractivity contribution is 7.23. The van der Waals surface area contributed by atoms with Crippen LogP contribution in [-0.4, -0.2) is 75.4 Å². The molecule has 2 amide bonds. The highest BCUT2D eigenvalue weighted by atomic mass is 32.1. The molecular formula is C50H68N8O2S4. The molecule has 4 aromatic heterocycles. The van der Waals surface area contributed by atoms with E-state index in [0.29, 0.717) is 37.1 Å². The number of carbonyl (C=O) groups excluding carboxylic acids is 2. The number of anilines is 2. The number of carbonyl (C=O) groups is 2. The number of aromatic nitrogens is 2. The standard InChI is InChI=1S/C25H34N4OS2.C21H23N3OS2.C4H11N/c1-6-17(5)26-11-9-22(30)28-25-23(18-10-12-29(15(2)3)14-21(18)32-25)24-27-19-13-16(4)7-8-20(19)31-24;1-5-18(25)23-21-19(14-8-9-24(12(2)3)11-17(14)27-21)20-22-15-10-13(4)6-7-16(15)26-20;1-3-4(2)5/h7-8,13,15,17,26H,6,9-12,14H2,1-5H3,(H,28,30);5-7,10,12H,1,8-9,11H2,2-4H3,(H,23,25);4H,3,5H2,1-2H3/t17-;;4-/m0.0/s1. The van der Waals surface area contributed by atoms with Crippen molar-refractivity contribution in [3.8, 4) is 21.1 Å². The third-order valence-electron chi connectivity index (χ3n) is 11.9. The lowest BCUT2D eigenvalue weighted by atomic mass is 10.0. The first-order valence-corrected chi connectivity index (χ1v) is 26.1. The lowest BCUT2D eigenvalue weighted by molar-refractivity contribution is -0.116. The Kier molecular flexibility index (Phi) is 17.5. The fourth-order valence-electron chi connectivity index (χ4n) is 7.57. The number of hydrogen-bond donors (Lipinski definition) is 4. The molecule has 0 unspecified atom stereocenters. The van der Waals surface area contributed by atoms with Gasteiger partial charge >= 0.3 is 0 Å². The second kappa shape index (κ2) is 22.6. The number of nitrogens with one attached hydrogen (secondary N) is 3. The van der Waals surface area contributed by atoms with Gasteiger partial charge < -0.3 is 21.7 Å². The highest BCUT2D eigenvalue weighted by Crippen LogP contribution is 2.47. The SMILES string of the molecule is C=CC(=O)Nc1sc2c(c1-c1nc3cc(C)ccc3s1)CCN(C(C)C)C2.CC[C@H](C)N.CC[C@H](C)NCCC(=O)Nc1sc2c(c1-c1nc3cc(C)ccc3s1)CCN(C(C)C)C2. The monoisotopic (exact) mass is 940 g/mol. The van der Waals surface area contributed by atoms with Crippen LogP contribution in [0, 0.1) is 13.8 Å². The number of aryl methyl sites for hydroxylation is 2. The van der Waals surface area contributed by atoms with Crippen molar-refractivity contribution in [2.45, 2.75) is 139 Å². The van der Waals surface area contributed by atoms with E-state index < -0.39 is 0 Å². The van der Waals surface area contributed by atoms with E-state index in [1.807, 2.05) is 6.92 Å². The minimum Gasteiger partial charge on any atom is -0.328 e. The molecule has 0 aliphatic carbocycles. The van der Waals surface area contributed by atoms with Crippen molar-refractivity contribution >= 4 is 87.6 Å². The Hall–Kier alpha value is -3.86. The van der Waals surface area contributed by atoms with Gasteiger partial charge in [0.1, 0.15) is 20.0 Å². The summed E-state index contributed by atoms with van der Waals surface area (Å²) in [5.41, 5.74) is 14.7. The summed E-state index contributed by atoms with van der Waals surface area (Å²) in [4.78, 5) is 42.4. The Morgan fingerprint density at radius 3 is 1.64 bits per heavy atom. The van der Waals surface area contributed by atoms with Crippen LogP contribution in [0.1, 0.15) is 107 Å². The van der Waals surface area contributed by atoms with Gasteiger partial charge in [-0.2, -0.15) is 0 Å². The number of nitrogens with zero attached hydrogens (tertiary/aromatic N) is 4. The second-order valence-corrected chi connectivity index (χ2v) is 21.9. The van der Waals surface area contributed by atoms with E-state index in [2.05, 4.69) is 131 Å². The third-order valence-corrected chi connectivity index (χ3v) is 16.3.